The third kappa shape index (κ3) is 8.46. The number of hydrogen-bond acceptors (Lipinski definition) is 4. The van der Waals surface area contributed by atoms with E-state index in [0.29, 0.717) is 6.42 Å². The van der Waals surface area contributed by atoms with Crippen LogP contribution < -0.4 is 10.6 Å². The molecule has 0 spiro atoms. The van der Waals surface area contributed by atoms with Gasteiger partial charge in [-0.1, -0.05) is 6.92 Å². The Morgan fingerprint density at radius 2 is 1.80 bits per heavy atom. The Labute approximate surface area is 119 Å². The van der Waals surface area contributed by atoms with Crippen molar-refractivity contribution in [3.8, 4) is 0 Å². The Hall–Kier alpha value is -1.64. The van der Waals surface area contributed by atoms with Gasteiger partial charge in [0.25, 0.3) is 0 Å². The second kappa shape index (κ2) is 9.29. The number of carboxylic acids is 2. The van der Waals surface area contributed by atoms with E-state index in [-0.39, 0.29) is 24.6 Å². The lowest BCUT2D eigenvalue weighted by molar-refractivity contribution is -0.140. The van der Waals surface area contributed by atoms with Crippen LogP contribution in [0.1, 0.15) is 26.2 Å². The summed E-state index contributed by atoms with van der Waals surface area (Å²) in [6, 6.07) is -1.93. The first kappa shape index (κ1) is 18.4. The van der Waals surface area contributed by atoms with Crippen LogP contribution in [0.2, 0.25) is 0 Å². The first-order chi connectivity index (χ1) is 9.23. The number of nitrogens with one attached hydrogen (secondary N) is 2. The van der Waals surface area contributed by atoms with E-state index in [1.165, 1.54) is 0 Å². The van der Waals surface area contributed by atoms with Gasteiger partial charge in [-0.25, -0.2) is 9.59 Å². The quantitative estimate of drug-likeness (QED) is 0.464. The van der Waals surface area contributed by atoms with Crippen molar-refractivity contribution in [3.05, 3.63) is 0 Å². The third-order valence-corrected chi connectivity index (χ3v) is 4.02. The zero-order chi connectivity index (χ0) is 15.7. The van der Waals surface area contributed by atoms with Gasteiger partial charge in [0.2, 0.25) is 0 Å². The molecule has 0 saturated heterocycles. The van der Waals surface area contributed by atoms with Gasteiger partial charge in [0.1, 0.15) is 6.04 Å². The molecule has 0 aromatic carbocycles. The van der Waals surface area contributed by atoms with Gasteiger partial charge in [-0.15, -0.1) is 0 Å². The maximum Gasteiger partial charge on any atom is 0.326 e. The largest absolute Gasteiger partial charge is 0.481 e. The minimum atomic E-state index is -1.29. The second-order valence-corrected chi connectivity index (χ2v) is 6.12. The minimum Gasteiger partial charge on any atom is -0.481 e. The predicted octanol–water partition coefficient (Wildman–Crippen LogP) is -0.239. The molecule has 116 valence electrons. The van der Waals surface area contributed by atoms with Crippen LogP contribution in [0, 0.1) is 0 Å². The summed E-state index contributed by atoms with van der Waals surface area (Å²) in [7, 11) is -0.982. The number of rotatable bonds is 9. The monoisotopic (exact) mass is 308 g/mol. The highest BCUT2D eigenvalue weighted by Crippen LogP contribution is 1.99. The van der Waals surface area contributed by atoms with Crippen LogP contribution in [-0.2, 0) is 20.4 Å². The molecule has 0 radical (unpaired) electrons. The molecule has 0 heterocycles. The average molecular weight is 308 g/mol. The van der Waals surface area contributed by atoms with Crippen LogP contribution in [0.25, 0.3) is 0 Å². The maximum absolute atomic E-state index is 11.4. The van der Waals surface area contributed by atoms with Crippen molar-refractivity contribution in [2.24, 2.45) is 0 Å². The first-order valence-corrected chi connectivity index (χ1v) is 7.67. The number of hydrogen-bond donors (Lipinski definition) is 4. The highest BCUT2D eigenvalue weighted by atomic mass is 32.2. The summed E-state index contributed by atoms with van der Waals surface area (Å²) in [4.78, 5) is 32.7. The molecule has 20 heavy (non-hydrogen) atoms. The van der Waals surface area contributed by atoms with Crippen molar-refractivity contribution in [2.45, 2.75) is 37.5 Å². The number of carbonyl (C=O) groups excluding carboxylic acids is 1. The van der Waals surface area contributed by atoms with Crippen LogP contribution in [0.4, 0.5) is 4.79 Å². The van der Waals surface area contributed by atoms with E-state index in [2.05, 4.69) is 10.6 Å². The number of amides is 2. The Balaban J connectivity index is 4.10. The van der Waals surface area contributed by atoms with E-state index < -0.39 is 34.8 Å². The number of aliphatic carboxylic acids is 2. The molecule has 9 heteroatoms. The molecule has 2 amide bonds. The van der Waals surface area contributed by atoms with Crippen LogP contribution in [-0.4, -0.2) is 56.5 Å². The molecule has 0 aromatic rings. The summed E-state index contributed by atoms with van der Waals surface area (Å²) < 4.78 is 11.1. The molecule has 0 bridgehead atoms. The fourth-order valence-electron chi connectivity index (χ4n) is 1.29. The van der Waals surface area contributed by atoms with Crippen molar-refractivity contribution >= 4 is 28.8 Å². The van der Waals surface area contributed by atoms with Crippen molar-refractivity contribution in [3.63, 3.8) is 0 Å². The molecule has 0 fully saturated rings. The highest BCUT2D eigenvalue weighted by molar-refractivity contribution is 7.84. The van der Waals surface area contributed by atoms with Gasteiger partial charge in [-0.3, -0.25) is 9.00 Å². The van der Waals surface area contributed by atoms with Crippen molar-refractivity contribution in [1.29, 1.82) is 0 Å². The summed E-state index contributed by atoms with van der Waals surface area (Å²) in [5, 5.41) is 21.9. The van der Waals surface area contributed by atoms with E-state index in [4.69, 9.17) is 10.2 Å². The molecular formula is C11H20N2O6S. The molecule has 0 saturated carbocycles. The van der Waals surface area contributed by atoms with E-state index in [1.54, 1.807) is 13.2 Å². The smallest absolute Gasteiger partial charge is 0.326 e. The fraction of sp³-hybridized carbons (Fsp3) is 0.727. The van der Waals surface area contributed by atoms with Gasteiger partial charge in [0, 0.05) is 35.3 Å². The lowest BCUT2D eigenvalue weighted by Crippen LogP contribution is -2.46. The Morgan fingerprint density at radius 3 is 2.25 bits per heavy atom. The van der Waals surface area contributed by atoms with Gasteiger partial charge >= 0.3 is 18.0 Å². The van der Waals surface area contributed by atoms with Crippen LogP contribution in [0.5, 0.6) is 0 Å². The Bertz CT molecular complexity index is 387. The van der Waals surface area contributed by atoms with E-state index in [1.807, 2.05) is 0 Å². The standard InChI is InChI=1S/C11H20N2O6S/c1-7(20(2)19)5-6-12-11(18)13-8(10(16)17)3-4-9(14)15/h7-8H,3-6H2,1-2H3,(H,14,15)(H,16,17)(H2,12,13,18). The van der Waals surface area contributed by atoms with Crippen LogP contribution in [0.3, 0.4) is 0 Å². The molecule has 4 N–H and O–H groups in total. The molecule has 3 atom stereocenters. The summed E-state index contributed by atoms with van der Waals surface area (Å²) in [5.74, 6) is -2.41. The van der Waals surface area contributed by atoms with Gasteiger partial charge in [-0.2, -0.15) is 0 Å². The summed E-state index contributed by atoms with van der Waals surface area (Å²) in [5.41, 5.74) is 0. The predicted molar refractivity (Wildman–Crippen MR) is 73.0 cm³/mol. The average Bonchev–Trinajstić information content (AvgIpc) is 2.33. The number of carboxylic acid groups (broad SMARTS) is 2. The van der Waals surface area contributed by atoms with Gasteiger partial charge in [0.05, 0.1) is 0 Å². The fourth-order valence-corrected chi connectivity index (χ4v) is 1.74. The lowest BCUT2D eigenvalue weighted by atomic mass is 10.1. The molecule has 0 aliphatic rings. The van der Waals surface area contributed by atoms with Gasteiger partial charge < -0.3 is 20.8 Å². The minimum absolute atomic E-state index is 0.0717. The second-order valence-electron chi connectivity index (χ2n) is 4.32. The molecule has 0 rings (SSSR count). The van der Waals surface area contributed by atoms with Crippen LogP contribution in [0.15, 0.2) is 0 Å². The highest BCUT2D eigenvalue weighted by Gasteiger charge is 2.20. The maximum atomic E-state index is 11.4. The molecule has 3 unspecified atom stereocenters. The molecular weight excluding hydrogens is 288 g/mol. The van der Waals surface area contributed by atoms with E-state index in [0.717, 1.165) is 0 Å². The zero-order valence-corrected chi connectivity index (χ0v) is 12.2. The Kier molecular flexibility index (Phi) is 8.53. The number of urea groups is 1. The molecule has 0 aliphatic carbocycles. The summed E-state index contributed by atoms with van der Waals surface area (Å²) in [6.45, 7) is 2.04. The summed E-state index contributed by atoms with van der Waals surface area (Å²) in [6.07, 6.45) is 1.54. The summed E-state index contributed by atoms with van der Waals surface area (Å²) >= 11 is 0. The van der Waals surface area contributed by atoms with Gasteiger partial charge in [-0.05, 0) is 12.8 Å². The number of carbonyl (C=O) groups is 3. The Morgan fingerprint density at radius 1 is 1.20 bits per heavy atom. The lowest BCUT2D eigenvalue weighted by Gasteiger charge is -2.15. The van der Waals surface area contributed by atoms with Crippen LogP contribution >= 0.6 is 0 Å². The van der Waals surface area contributed by atoms with Crippen molar-refractivity contribution < 1.29 is 28.8 Å². The molecule has 8 nitrogen and oxygen atoms in total. The van der Waals surface area contributed by atoms with Crippen molar-refractivity contribution in [2.75, 3.05) is 12.8 Å². The topological polar surface area (TPSA) is 133 Å². The van der Waals surface area contributed by atoms with Crippen molar-refractivity contribution in [1.82, 2.24) is 10.6 Å². The SMILES string of the molecule is CC(CCNC(=O)NC(CCC(=O)O)C(=O)O)S(C)=O. The molecule has 0 aliphatic heterocycles. The first-order valence-electron chi connectivity index (χ1n) is 6.05. The zero-order valence-electron chi connectivity index (χ0n) is 11.4. The third-order valence-electron chi connectivity index (χ3n) is 2.65. The van der Waals surface area contributed by atoms with Gasteiger partial charge in [0.15, 0.2) is 0 Å². The molecule has 0 aromatic heterocycles. The van der Waals surface area contributed by atoms with E-state index >= 15 is 0 Å². The van der Waals surface area contributed by atoms with E-state index in [9.17, 15) is 18.6 Å². The normalized spacial score (nSPS) is 14.9.